The predicted molar refractivity (Wildman–Crippen MR) is 132 cm³/mol. The number of amidine groups is 1. The van der Waals surface area contributed by atoms with Crippen molar-refractivity contribution in [1.29, 1.82) is 5.41 Å². The molecule has 0 spiro atoms. The van der Waals surface area contributed by atoms with Crippen molar-refractivity contribution < 1.29 is 14.7 Å². The summed E-state index contributed by atoms with van der Waals surface area (Å²) in [6.45, 7) is -0.521. The van der Waals surface area contributed by atoms with E-state index in [2.05, 4.69) is 15.8 Å². The number of benzene rings is 2. The van der Waals surface area contributed by atoms with E-state index in [1.807, 2.05) is 0 Å². The first-order valence-corrected chi connectivity index (χ1v) is 10.5. The third kappa shape index (κ3) is 5.92. The molecule has 0 atom stereocenters. The van der Waals surface area contributed by atoms with Gasteiger partial charge in [-0.15, -0.1) is 5.10 Å². The number of aromatic nitrogens is 3. The maximum absolute atomic E-state index is 13.2. The minimum absolute atomic E-state index is 0.000995. The average molecular weight is 496 g/mol. The van der Waals surface area contributed by atoms with E-state index < -0.39 is 29.7 Å². The Morgan fingerprint density at radius 3 is 2.36 bits per heavy atom. The van der Waals surface area contributed by atoms with E-state index in [1.54, 1.807) is 38.4 Å². The van der Waals surface area contributed by atoms with Crippen LogP contribution in [0.2, 0.25) is 0 Å². The van der Waals surface area contributed by atoms with Gasteiger partial charge in [-0.05, 0) is 23.8 Å². The van der Waals surface area contributed by atoms with E-state index in [0.717, 1.165) is 4.68 Å². The number of carbonyl (C=O) groups is 2. The molecule has 0 bridgehead atoms. The molecule has 0 unspecified atom stereocenters. The molecule has 1 aromatic heterocycles. The molecule has 0 saturated carbocycles. The highest BCUT2D eigenvalue weighted by molar-refractivity contribution is 5.94. The fourth-order valence-corrected chi connectivity index (χ4v) is 3.19. The van der Waals surface area contributed by atoms with Crippen LogP contribution in [0.3, 0.4) is 0 Å². The maximum atomic E-state index is 13.2. The molecule has 0 fully saturated rings. The van der Waals surface area contributed by atoms with E-state index in [1.165, 1.54) is 23.2 Å². The zero-order chi connectivity index (χ0) is 26.6. The number of carboxylic acids is 1. The molecule has 3 rings (SSSR count). The van der Waals surface area contributed by atoms with Crippen LogP contribution in [0.5, 0.6) is 0 Å². The second-order valence-corrected chi connectivity index (χ2v) is 7.95. The lowest BCUT2D eigenvalue weighted by Gasteiger charge is -2.16. The van der Waals surface area contributed by atoms with Crippen LogP contribution >= 0.6 is 0 Å². The van der Waals surface area contributed by atoms with Crippen molar-refractivity contribution >= 4 is 29.2 Å². The van der Waals surface area contributed by atoms with Gasteiger partial charge in [0, 0.05) is 31.9 Å². The van der Waals surface area contributed by atoms with Gasteiger partial charge in [-0.3, -0.25) is 20.4 Å². The number of aromatic carboxylic acids is 1. The largest absolute Gasteiger partial charge is 0.478 e. The Morgan fingerprint density at radius 1 is 1.11 bits per heavy atom. The molecular weight excluding hydrogens is 470 g/mol. The zero-order valence-corrected chi connectivity index (χ0v) is 19.5. The number of nitrogen functional groups attached to an aromatic ring is 2. The summed E-state index contributed by atoms with van der Waals surface area (Å²) < 4.78 is 1.47. The lowest BCUT2D eigenvalue weighted by atomic mass is 10.1. The van der Waals surface area contributed by atoms with Gasteiger partial charge in [0.2, 0.25) is 11.7 Å². The first-order chi connectivity index (χ1) is 17.0. The molecule has 8 N–H and O–H groups in total. The number of hydrogen-bond donors (Lipinski definition) is 6. The lowest BCUT2D eigenvalue weighted by molar-refractivity contribution is -0.121. The lowest BCUT2D eigenvalue weighted by Crippen LogP contribution is -2.46. The van der Waals surface area contributed by atoms with Crippen molar-refractivity contribution in [3.63, 3.8) is 0 Å². The Labute approximate surface area is 204 Å². The summed E-state index contributed by atoms with van der Waals surface area (Å²) in [6.07, 6.45) is 0. The molecular formula is C22H25N9O5. The SMILES string of the molecule is CN(C)Nc1nn(-c2cc(N)cc(C(=O)O)c2)c(=O)n(CC(=O)NCc2ccc(C(=N)N)cc2)c1=O. The number of carbonyl (C=O) groups excluding carboxylic acids is 1. The van der Waals surface area contributed by atoms with E-state index in [0.29, 0.717) is 15.7 Å². The van der Waals surface area contributed by atoms with Crippen LogP contribution in [0.1, 0.15) is 21.5 Å². The second kappa shape index (κ2) is 10.5. The summed E-state index contributed by atoms with van der Waals surface area (Å²) in [4.78, 5) is 50.1. The number of hydrogen-bond acceptors (Lipinski definition) is 9. The molecule has 1 amide bonds. The number of rotatable bonds is 9. The minimum Gasteiger partial charge on any atom is -0.478 e. The number of amides is 1. The number of carboxylic acid groups (broad SMARTS) is 1. The minimum atomic E-state index is -1.27. The van der Waals surface area contributed by atoms with Crippen LogP contribution < -0.4 is 33.5 Å². The van der Waals surface area contributed by atoms with Gasteiger partial charge in [0.15, 0.2) is 0 Å². The molecule has 1 heterocycles. The molecule has 14 nitrogen and oxygen atoms in total. The van der Waals surface area contributed by atoms with Gasteiger partial charge < -0.3 is 21.9 Å². The maximum Gasteiger partial charge on any atom is 0.352 e. The smallest absolute Gasteiger partial charge is 0.352 e. The summed E-state index contributed by atoms with van der Waals surface area (Å²) in [5.41, 5.74) is 13.2. The molecule has 0 saturated heterocycles. The highest BCUT2D eigenvalue weighted by Crippen LogP contribution is 2.14. The van der Waals surface area contributed by atoms with Crippen LogP contribution in [-0.4, -0.2) is 56.3 Å². The van der Waals surface area contributed by atoms with E-state index in [9.17, 15) is 24.3 Å². The van der Waals surface area contributed by atoms with Gasteiger partial charge in [-0.2, -0.15) is 4.68 Å². The average Bonchev–Trinajstić information content (AvgIpc) is 2.81. The van der Waals surface area contributed by atoms with E-state index >= 15 is 0 Å². The number of hydrazine groups is 1. The molecule has 0 aliphatic rings. The Kier molecular flexibility index (Phi) is 7.49. The molecule has 0 aliphatic heterocycles. The first kappa shape index (κ1) is 25.6. The number of nitrogens with zero attached hydrogens (tertiary/aromatic N) is 4. The van der Waals surface area contributed by atoms with Crippen LogP contribution in [0, 0.1) is 5.41 Å². The summed E-state index contributed by atoms with van der Waals surface area (Å²) in [5, 5.41) is 24.8. The van der Waals surface area contributed by atoms with Gasteiger partial charge in [0.05, 0.1) is 11.3 Å². The predicted octanol–water partition coefficient (Wildman–Crippen LogP) is -0.836. The number of nitrogens with one attached hydrogen (secondary N) is 3. The molecule has 36 heavy (non-hydrogen) atoms. The molecule has 2 aromatic carbocycles. The van der Waals surface area contributed by atoms with Crippen molar-refractivity contribution in [1.82, 2.24) is 24.7 Å². The molecule has 188 valence electrons. The van der Waals surface area contributed by atoms with Crippen LogP contribution in [-0.2, 0) is 17.9 Å². The van der Waals surface area contributed by atoms with Gasteiger partial charge in [0.25, 0.3) is 0 Å². The van der Waals surface area contributed by atoms with Crippen molar-refractivity contribution in [2.45, 2.75) is 13.1 Å². The summed E-state index contributed by atoms with van der Waals surface area (Å²) in [6, 6.07) is 10.3. The Balaban J connectivity index is 1.95. The second-order valence-electron chi connectivity index (χ2n) is 7.95. The summed E-state index contributed by atoms with van der Waals surface area (Å²) in [5.74, 6) is -2.26. The summed E-state index contributed by atoms with van der Waals surface area (Å²) >= 11 is 0. The van der Waals surface area contributed by atoms with Gasteiger partial charge in [-0.25, -0.2) is 19.2 Å². The third-order valence-corrected chi connectivity index (χ3v) is 4.88. The van der Waals surface area contributed by atoms with Crippen LogP contribution in [0.15, 0.2) is 52.1 Å². The van der Waals surface area contributed by atoms with Crippen LogP contribution in [0.25, 0.3) is 5.69 Å². The van der Waals surface area contributed by atoms with E-state index in [-0.39, 0.29) is 35.1 Å². The summed E-state index contributed by atoms with van der Waals surface area (Å²) in [7, 11) is 3.18. The van der Waals surface area contributed by atoms with Crippen LogP contribution in [0.4, 0.5) is 11.5 Å². The molecule has 0 aliphatic carbocycles. The third-order valence-electron chi connectivity index (χ3n) is 4.88. The first-order valence-electron chi connectivity index (χ1n) is 10.5. The Bertz CT molecular complexity index is 1440. The highest BCUT2D eigenvalue weighted by atomic mass is 16.4. The van der Waals surface area contributed by atoms with Crippen molar-refractivity contribution in [3.05, 3.63) is 80.0 Å². The normalized spacial score (nSPS) is 10.8. The monoisotopic (exact) mass is 495 g/mol. The Morgan fingerprint density at radius 2 is 1.78 bits per heavy atom. The van der Waals surface area contributed by atoms with Gasteiger partial charge in [0.1, 0.15) is 12.4 Å². The fraction of sp³-hybridized carbons (Fsp3) is 0.182. The van der Waals surface area contributed by atoms with Gasteiger partial charge >= 0.3 is 17.2 Å². The topological polar surface area (TPSA) is 214 Å². The molecule has 3 aromatic rings. The fourth-order valence-electron chi connectivity index (χ4n) is 3.19. The number of nitrogens with two attached hydrogens (primary N) is 2. The number of anilines is 2. The van der Waals surface area contributed by atoms with E-state index in [4.69, 9.17) is 16.9 Å². The van der Waals surface area contributed by atoms with Crippen molar-refractivity contribution in [2.75, 3.05) is 25.3 Å². The van der Waals surface area contributed by atoms with Gasteiger partial charge in [-0.1, -0.05) is 24.3 Å². The molecule has 0 radical (unpaired) electrons. The Hall–Kier alpha value is -4.98. The van der Waals surface area contributed by atoms with Crippen molar-refractivity contribution in [3.8, 4) is 5.69 Å². The van der Waals surface area contributed by atoms with Crippen molar-refractivity contribution in [2.24, 2.45) is 5.73 Å². The quantitative estimate of drug-likeness (QED) is 0.0936. The standard InChI is InChI=1S/C22H25N9O5/c1-29(2)27-19-20(33)30(11-17(32)26-10-12-3-5-13(6-4-12)18(24)25)22(36)31(28-19)16-8-14(21(34)35)7-15(23)9-16/h3-9H,10-11,23H2,1-2H3,(H3,24,25)(H,26,32)(H,27,28)(H,34,35). The molecule has 14 heteroatoms. The highest BCUT2D eigenvalue weighted by Gasteiger charge is 2.18. The zero-order valence-electron chi connectivity index (χ0n) is 19.5.